The van der Waals surface area contributed by atoms with E-state index in [1.807, 2.05) is 20.8 Å². The van der Waals surface area contributed by atoms with Crippen molar-refractivity contribution >= 4 is 35.8 Å². The standard InChI is InChI=1S/C14H28N4O2.HI/c1-13(2,3)18-11(19)9-16-12(15-5)17-10-14(4)7-6-8-20-14;/h6-10H2,1-5H3,(H,18,19)(H2,15,16,17);1H. The summed E-state index contributed by atoms with van der Waals surface area (Å²) in [5.41, 5.74) is -0.355. The second kappa shape index (κ2) is 8.77. The summed E-state index contributed by atoms with van der Waals surface area (Å²) in [5.74, 6) is 0.564. The minimum atomic E-state index is -0.221. The van der Waals surface area contributed by atoms with Gasteiger partial charge >= 0.3 is 0 Å². The monoisotopic (exact) mass is 412 g/mol. The second-order valence-electron chi connectivity index (χ2n) is 6.48. The van der Waals surface area contributed by atoms with Crippen LogP contribution in [0.25, 0.3) is 0 Å². The lowest BCUT2D eigenvalue weighted by Gasteiger charge is -2.25. The normalized spacial score (nSPS) is 22.4. The Labute approximate surface area is 144 Å². The summed E-state index contributed by atoms with van der Waals surface area (Å²) in [5, 5.41) is 9.10. The van der Waals surface area contributed by atoms with Crippen LogP contribution in [-0.4, -0.2) is 49.8 Å². The van der Waals surface area contributed by atoms with E-state index in [9.17, 15) is 4.79 Å². The number of ether oxygens (including phenoxy) is 1. The van der Waals surface area contributed by atoms with E-state index in [1.165, 1.54) is 0 Å². The Bertz CT molecular complexity index is 360. The van der Waals surface area contributed by atoms with Crippen molar-refractivity contribution in [2.75, 3.05) is 26.7 Å². The lowest BCUT2D eigenvalue weighted by molar-refractivity contribution is -0.121. The van der Waals surface area contributed by atoms with Gasteiger partial charge in [-0.05, 0) is 40.5 Å². The topological polar surface area (TPSA) is 74.8 Å². The number of hydrogen-bond acceptors (Lipinski definition) is 3. The van der Waals surface area contributed by atoms with Crippen LogP contribution in [0.4, 0.5) is 0 Å². The van der Waals surface area contributed by atoms with Gasteiger partial charge in [0.15, 0.2) is 5.96 Å². The average Bonchev–Trinajstić information content (AvgIpc) is 2.74. The molecule has 0 saturated carbocycles. The van der Waals surface area contributed by atoms with Gasteiger partial charge in [0.2, 0.25) is 5.91 Å². The second-order valence-corrected chi connectivity index (χ2v) is 6.48. The summed E-state index contributed by atoms with van der Waals surface area (Å²) in [6.07, 6.45) is 2.14. The first-order chi connectivity index (χ1) is 9.24. The van der Waals surface area contributed by atoms with Gasteiger partial charge in [-0.15, -0.1) is 24.0 Å². The van der Waals surface area contributed by atoms with Gasteiger partial charge in [0.1, 0.15) is 0 Å². The molecule has 0 aromatic rings. The maximum absolute atomic E-state index is 11.7. The number of halogens is 1. The number of rotatable bonds is 4. The Balaban J connectivity index is 0.00000400. The number of aliphatic imine (C=N–C) groups is 1. The molecule has 1 atom stereocenters. The van der Waals surface area contributed by atoms with Crippen molar-refractivity contribution < 1.29 is 9.53 Å². The van der Waals surface area contributed by atoms with Crippen LogP contribution in [-0.2, 0) is 9.53 Å². The van der Waals surface area contributed by atoms with Gasteiger partial charge < -0.3 is 20.7 Å². The highest BCUT2D eigenvalue weighted by molar-refractivity contribution is 14.0. The summed E-state index contributed by atoms with van der Waals surface area (Å²) < 4.78 is 5.70. The molecule has 0 spiro atoms. The molecule has 6 nitrogen and oxygen atoms in total. The summed E-state index contributed by atoms with van der Waals surface area (Å²) in [6, 6.07) is 0. The van der Waals surface area contributed by atoms with Gasteiger partial charge in [-0.2, -0.15) is 0 Å². The molecule has 1 aliphatic heterocycles. The number of amides is 1. The molecule has 1 unspecified atom stereocenters. The van der Waals surface area contributed by atoms with Crippen LogP contribution >= 0.6 is 24.0 Å². The van der Waals surface area contributed by atoms with E-state index < -0.39 is 0 Å². The number of carbonyl (C=O) groups is 1. The van der Waals surface area contributed by atoms with Gasteiger partial charge in [0.25, 0.3) is 0 Å². The largest absolute Gasteiger partial charge is 0.373 e. The van der Waals surface area contributed by atoms with Crippen LogP contribution in [0.1, 0.15) is 40.5 Å². The highest BCUT2D eigenvalue weighted by Gasteiger charge is 2.29. The molecule has 1 saturated heterocycles. The smallest absolute Gasteiger partial charge is 0.239 e. The van der Waals surface area contributed by atoms with E-state index in [1.54, 1.807) is 7.05 Å². The maximum atomic E-state index is 11.7. The number of carbonyl (C=O) groups excluding carboxylic acids is 1. The van der Waals surface area contributed by atoms with Gasteiger partial charge in [-0.1, -0.05) is 0 Å². The summed E-state index contributed by atoms with van der Waals surface area (Å²) in [4.78, 5) is 15.8. The zero-order chi connectivity index (χ0) is 15.2. The first-order valence-corrected chi connectivity index (χ1v) is 7.14. The Kier molecular flexibility index (Phi) is 8.53. The van der Waals surface area contributed by atoms with Crippen molar-refractivity contribution in [3.8, 4) is 0 Å². The van der Waals surface area contributed by atoms with Crippen molar-refractivity contribution in [1.29, 1.82) is 0 Å². The van der Waals surface area contributed by atoms with Gasteiger partial charge in [0.05, 0.1) is 12.1 Å². The predicted octanol–water partition coefficient (Wildman–Crippen LogP) is 1.25. The van der Waals surface area contributed by atoms with Crippen LogP contribution in [0, 0.1) is 0 Å². The first kappa shape index (κ1) is 20.4. The van der Waals surface area contributed by atoms with Crippen LogP contribution in [0.3, 0.4) is 0 Å². The first-order valence-electron chi connectivity index (χ1n) is 7.14. The molecule has 1 rings (SSSR count). The molecule has 0 radical (unpaired) electrons. The lowest BCUT2D eigenvalue weighted by atomic mass is 10.0. The molecule has 21 heavy (non-hydrogen) atoms. The Morgan fingerprint density at radius 2 is 2.00 bits per heavy atom. The van der Waals surface area contributed by atoms with Crippen molar-refractivity contribution in [2.24, 2.45) is 4.99 Å². The SMILES string of the molecule is CN=C(NCC(=O)NC(C)(C)C)NCC1(C)CCCO1.I. The van der Waals surface area contributed by atoms with Crippen molar-refractivity contribution in [3.63, 3.8) is 0 Å². The molecule has 1 amide bonds. The quantitative estimate of drug-likeness (QED) is 0.369. The van der Waals surface area contributed by atoms with E-state index in [0.29, 0.717) is 12.5 Å². The number of hydrogen-bond donors (Lipinski definition) is 3. The third-order valence-corrected chi connectivity index (χ3v) is 3.08. The molecular formula is C14H29IN4O2. The molecule has 124 valence electrons. The lowest BCUT2D eigenvalue weighted by Crippen LogP contribution is -2.50. The fourth-order valence-electron chi connectivity index (χ4n) is 2.09. The van der Waals surface area contributed by atoms with E-state index in [4.69, 9.17) is 4.74 Å². The van der Waals surface area contributed by atoms with Crippen molar-refractivity contribution in [2.45, 2.75) is 51.7 Å². The van der Waals surface area contributed by atoms with E-state index >= 15 is 0 Å². The van der Waals surface area contributed by atoms with E-state index in [2.05, 4.69) is 27.9 Å². The minimum Gasteiger partial charge on any atom is -0.373 e. The predicted molar refractivity (Wildman–Crippen MR) is 96.3 cm³/mol. The van der Waals surface area contributed by atoms with Gasteiger partial charge in [0, 0.05) is 25.7 Å². The Hall–Kier alpha value is -0.570. The van der Waals surface area contributed by atoms with E-state index in [-0.39, 0.29) is 47.6 Å². The fourth-order valence-corrected chi connectivity index (χ4v) is 2.09. The zero-order valence-corrected chi connectivity index (χ0v) is 16.0. The third kappa shape index (κ3) is 8.45. The zero-order valence-electron chi connectivity index (χ0n) is 13.7. The Morgan fingerprint density at radius 1 is 1.33 bits per heavy atom. The third-order valence-electron chi connectivity index (χ3n) is 3.08. The minimum absolute atomic E-state index is 0. The summed E-state index contributed by atoms with van der Waals surface area (Å²) in [7, 11) is 1.69. The number of guanidine groups is 1. The molecule has 0 aromatic carbocycles. The van der Waals surface area contributed by atoms with Crippen LogP contribution in [0.15, 0.2) is 4.99 Å². The molecule has 1 fully saturated rings. The molecule has 1 aliphatic rings. The van der Waals surface area contributed by atoms with Crippen LogP contribution in [0.5, 0.6) is 0 Å². The summed E-state index contributed by atoms with van der Waals surface area (Å²) >= 11 is 0. The molecule has 1 heterocycles. The van der Waals surface area contributed by atoms with Crippen LogP contribution in [0.2, 0.25) is 0 Å². The molecular weight excluding hydrogens is 383 g/mol. The molecule has 3 N–H and O–H groups in total. The molecule has 0 bridgehead atoms. The van der Waals surface area contributed by atoms with Gasteiger partial charge in [-0.25, -0.2) is 0 Å². The fraction of sp³-hybridized carbons (Fsp3) is 0.857. The number of nitrogens with zero attached hydrogens (tertiary/aromatic N) is 1. The highest BCUT2D eigenvalue weighted by atomic mass is 127. The van der Waals surface area contributed by atoms with Gasteiger partial charge in [-0.3, -0.25) is 9.79 Å². The maximum Gasteiger partial charge on any atom is 0.239 e. The average molecular weight is 412 g/mol. The van der Waals surface area contributed by atoms with Crippen LogP contribution < -0.4 is 16.0 Å². The molecule has 7 heteroatoms. The highest BCUT2D eigenvalue weighted by Crippen LogP contribution is 2.23. The van der Waals surface area contributed by atoms with Crippen molar-refractivity contribution in [3.05, 3.63) is 0 Å². The number of nitrogens with one attached hydrogen (secondary N) is 3. The molecule has 0 aromatic heterocycles. The van der Waals surface area contributed by atoms with Crippen molar-refractivity contribution in [1.82, 2.24) is 16.0 Å². The molecule has 0 aliphatic carbocycles. The summed E-state index contributed by atoms with van der Waals surface area (Å²) in [6.45, 7) is 9.66. The Morgan fingerprint density at radius 3 is 2.48 bits per heavy atom. The van der Waals surface area contributed by atoms with E-state index in [0.717, 1.165) is 19.4 Å².